The smallest absolute Gasteiger partial charge is 0.318 e. The fourth-order valence-corrected chi connectivity index (χ4v) is 4.47. The number of nitrogens with one attached hydrogen (secondary N) is 1. The van der Waals surface area contributed by atoms with Gasteiger partial charge in [-0.1, -0.05) is 34.1 Å². The standard InChI is InChI=1S/C18H28BrN3O/c1-17(2)11-14(20)12-18(3,4)22(17)16(23)21-10-9-13-7-5-6-8-15(13)19/h5-8,14H,9-12,20H2,1-4H3,(H,21,23). The lowest BCUT2D eigenvalue weighted by molar-refractivity contribution is 0.00325. The predicted octanol–water partition coefficient (Wildman–Crippen LogP) is 3.68. The lowest BCUT2D eigenvalue weighted by Crippen LogP contribution is -2.67. The lowest BCUT2D eigenvalue weighted by atomic mass is 9.77. The normalized spacial score (nSPS) is 20.3. The van der Waals surface area contributed by atoms with Gasteiger partial charge in [0.2, 0.25) is 0 Å². The highest BCUT2D eigenvalue weighted by Crippen LogP contribution is 2.37. The number of rotatable bonds is 3. The summed E-state index contributed by atoms with van der Waals surface area (Å²) in [7, 11) is 0. The van der Waals surface area contributed by atoms with E-state index in [1.807, 2.05) is 23.1 Å². The number of likely N-dealkylation sites (tertiary alicyclic amines) is 1. The largest absolute Gasteiger partial charge is 0.338 e. The lowest BCUT2D eigenvalue weighted by Gasteiger charge is -2.54. The third-order valence-corrected chi connectivity index (χ3v) is 5.34. The summed E-state index contributed by atoms with van der Waals surface area (Å²) >= 11 is 3.55. The zero-order valence-corrected chi connectivity index (χ0v) is 16.1. The van der Waals surface area contributed by atoms with Crippen LogP contribution in [0.1, 0.15) is 46.1 Å². The summed E-state index contributed by atoms with van der Waals surface area (Å²) in [5.41, 5.74) is 6.90. The van der Waals surface area contributed by atoms with E-state index in [9.17, 15) is 4.79 Å². The molecule has 2 amide bonds. The number of halogens is 1. The van der Waals surface area contributed by atoms with Crippen molar-refractivity contribution in [1.82, 2.24) is 10.2 Å². The van der Waals surface area contributed by atoms with Crippen LogP contribution in [0.3, 0.4) is 0 Å². The molecule has 1 aromatic carbocycles. The van der Waals surface area contributed by atoms with Crippen LogP contribution in [0, 0.1) is 0 Å². The van der Waals surface area contributed by atoms with Crippen molar-refractivity contribution < 1.29 is 4.79 Å². The third-order valence-electron chi connectivity index (χ3n) is 4.57. The number of nitrogens with two attached hydrogens (primary N) is 1. The quantitative estimate of drug-likeness (QED) is 0.838. The van der Waals surface area contributed by atoms with Crippen molar-refractivity contribution in [2.75, 3.05) is 6.54 Å². The molecule has 0 spiro atoms. The second kappa shape index (κ2) is 6.81. The SMILES string of the molecule is CC1(C)CC(N)CC(C)(C)N1C(=O)NCCc1ccccc1Br. The Balaban J connectivity index is 2.00. The monoisotopic (exact) mass is 381 g/mol. The Kier molecular flexibility index (Phi) is 5.41. The summed E-state index contributed by atoms with van der Waals surface area (Å²) in [5.74, 6) is 0. The van der Waals surface area contributed by atoms with E-state index in [0.717, 1.165) is 23.7 Å². The summed E-state index contributed by atoms with van der Waals surface area (Å²) in [5, 5.41) is 3.08. The fraction of sp³-hybridized carbons (Fsp3) is 0.611. The van der Waals surface area contributed by atoms with Crippen LogP contribution in [0.2, 0.25) is 0 Å². The maximum atomic E-state index is 12.8. The van der Waals surface area contributed by atoms with E-state index in [1.54, 1.807) is 0 Å². The van der Waals surface area contributed by atoms with Gasteiger partial charge < -0.3 is 16.0 Å². The van der Waals surface area contributed by atoms with Crippen molar-refractivity contribution >= 4 is 22.0 Å². The van der Waals surface area contributed by atoms with Crippen LogP contribution in [-0.4, -0.2) is 34.6 Å². The molecule has 0 radical (unpaired) electrons. The van der Waals surface area contributed by atoms with Crippen LogP contribution < -0.4 is 11.1 Å². The topological polar surface area (TPSA) is 58.4 Å². The molecular formula is C18H28BrN3O. The molecule has 128 valence electrons. The van der Waals surface area contributed by atoms with Gasteiger partial charge in [0.1, 0.15) is 0 Å². The zero-order chi connectivity index (χ0) is 17.3. The van der Waals surface area contributed by atoms with Gasteiger partial charge >= 0.3 is 6.03 Å². The number of amides is 2. The van der Waals surface area contributed by atoms with Crippen LogP contribution in [0.4, 0.5) is 4.79 Å². The molecule has 0 aliphatic carbocycles. The number of piperidine rings is 1. The maximum Gasteiger partial charge on any atom is 0.318 e. The van der Waals surface area contributed by atoms with E-state index in [-0.39, 0.29) is 23.2 Å². The summed E-state index contributed by atoms with van der Waals surface area (Å²) in [6, 6.07) is 8.25. The first-order valence-electron chi connectivity index (χ1n) is 8.21. The minimum Gasteiger partial charge on any atom is -0.338 e. The average Bonchev–Trinajstić information content (AvgIpc) is 2.37. The fourth-order valence-electron chi connectivity index (χ4n) is 3.99. The van der Waals surface area contributed by atoms with Crippen LogP contribution in [-0.2, 0) is 6.42 Å². The molecule has 0 unspecified atom stereocenters. The van der Waals surface area contributed by atoms with Crippen LogP contribution in [0.15, 0.2) is 28.7 Å². The van der Waals surface area contributed by atoms with Crippen molar-refractivity contribution in [2.24, 2.45) is 5.73 Å². The number of urea groups is 1. The van der Waals surface area contributed by atoms with Crippen LogP contribution in [0.25, 0.3) is 0 Å². The minimum absolute atomic E-state index is 0.000969. The minimum atomic E-state index is -0.238. The van der Waals surface area contributed by atoms with Gasteiger partial charge in [0.15, 0.2) is 0 Å². The molecule has 5 heteroatoms. The Bertz CT molecular complexity index is 553. The van der Waals surface area contributed by atoms with Gasteiger partial charge in [-0.3, -0.25) is 0 Å². The second-order valence-electron chi connectivity index (χ2n) is 7.70. The van der Waals surface area contributed by atoms with Crippen LogP contribution >= 0.6 is 15.9 Å². The average molecular weight is 382 g/mol. The first kappa shape index (κ1) is 18.3. The third kappa shape index (κ3) is 4.27. The molecule has 4 nitrogen and oxygen atoms in total. The summed E-state index contributed by atoms with van der Waals surface area (Å²) in [6.07, 6.45) is 2.46. The molecule has 3 N–H and O–H groups in total. The Morgan fingerprint density at radius 3 is 2.39 bits per heavy atom. The number of hydrogen-bond acceptors (Lipinski definition) is 2. The molecule has 1 aliphatic rings. The van der Waals surface area contributed by atoms with E-state index < -0.39 is 0 Å². The summed E-state index contributed by atoms with van der Waals surface area (Å²) in [6.45, 7) is 9.01. The Labute approximate surface area is 147 Å². The molecule has 23 heavy (non-hydrogen) atoms. The Morgan fingerprint density at radius 1 is 1.26 bits per heavy atom. The molecule has 1 saturated heterocycles. The number of carbonyl (C=O) groups excluding carboxylic acids is 1. The number of hydrogen-bond donors (Lipinski definition) is 2. The van der Waals surface area contributed by atoms with E-state index in [2.05, 4.69) is 55.0 Å². The van der Waals surface area contributed by atoms with Gasteiger partial charge in [0.05, 0.1) is 0 Å². The molecule has 1 heterocycles. The molecule has 0 saturated carbocycles. The van der Waals surface area contributed by atoms with Gasteiger partial charge in [0, 0.05) is 28.1 Å². The number of carbonyl (C=O) groups is 1. The number of benzene rings is 1. The highest BCUT2D eigenvalue weighted by molar-refractivity contribution is 9.10. The van der Waals surface area contributed by atoms with E-state index in [0.29, 0.717) is 6.54 Å². The molecule has 0 aromatic heterocycles. The van der Waals surface area contributed by atoms with Crippen molar-refractivity contribution in [3.05, 3.63) is 34.3 Å². The molecule has 2 rings (SSSR count). The Morgan fingerprint density at radius 2 is 1.83 bits per heavy atom. The number of nitrogens with zero attached hydrogens (tertiary/aromatic N) is 1. The van der Waals surface area contributed by atoms with Crippen molar-refractivity contribution in [1.29, 1.82) is 0 Å². The highest BCUT2D eigenvalue weighted by atomic mass is 79.9. The van der Waals surface area contributed by atoms with Crippen molar-refractivity contribution in [3.8, 4) is 0 Å². The van der Waals surface area contributed by atoms with Gasteiger partial charge in [-0.25, -0.2) is 4.79 Å². The highest BCUT2D eigenvalue weighted by Gasteiger charge is 2.46. The van der Waals surface area contributed by atoms with Crippen LogP contribution in [0.5, 0.6) is 0 Å². The molecule has 1 aliphatic heterocycles. The molecule has 1 aromatic rings. The van der Waals surface area contributed by atoms with E-state index in [1.165, 1.54) is 5.56 Å². The molecule has 0 atom stereocenters. The maximum absolute atomic E-state index is 12.8. The van der Waals surface area contributed by atoms with Crippen molar-refractivity contribution in [2.45, 2.75) is 64.1 Å². The van der Waals surface area contributed by atoms with Gasteiger partial charge in [0.25, 0.3) is 0 Å². The van der Waals surface area contributed by atoms with Gasteiger partial charge in [-0.15, -0.1) is 0 Å². The van der Waals surface area contributed by atoms with E-state index >= 15 is 0 Å². The van der Waals surface area contributed by atoms with Gasteiger partial charge in [-0.2, -0.15) is 0 Å². The van der Waals surface area contributed by atoms with Crippen molar-refractivity contribution in [3.63, 3.8) is 0 Å². The zero-order valence-electron chi connectivity index (χ0n) is 14.5. The summed E-state index contributed by atoms with van der Waals surface area (Å²) < 4.78 is 1.08. The first-order valence-corrected chi connectivity index (χ1v) is 9.00. The van der Waals surface area contributed by atoms with Gasteiger partial charge in [-0.05, 0) is 58.6 Å². The first-order chi connectivity index (χ1) is 10.6. The molecular weight excluding hydrogens is 354 g/mol. The second-order valence-corrected chi connectivity index (χ2v) is 8.56. The summed E-state index contributed by atoms with van der Waals surface area (Å²) in [4.78, 5) is 14.7. The molecule has 1 fully saturated rings. The van der Waals surface area contributed by atoms with E-state index in [4.69, 9.17) is 5.73 Å². The molecule has 0 bridgehead atoms. The Hall–Kier alpha value is -1.07. The predicted molar refractivity (Wildman–Crippen MR) is 98.5 cm³/mol.